The predicted molar refractivity (Wildman–Crippen MR) is 89.6 cm³/mol. The molecule has 1 aromatic carbocycles. The lowest BCUT2D eigenvalue weighted by atomic mass is 10.1. The van der Waals surface area contributed by atoms with Crippen molar-refractivity contribution in [3.63, 3.8) is 0 Å². The summed E-state index contributed by atoms with van der Waals surface area (Å²) in [5, 5.41) is 13.5. The number of nitrogens with zero attached hydrogens (tertiary/aromatic N) is 4. The van der Waals surface area contributed by atoms with Crippen molar-refractivity contribution in [1.82, 2.24) is 25.4 Å². The normalized spacial score (nSPS) is 11.7. The molecule has 0 atom stereocenters. The van der Waals surface area contributed by atoms with Gasteiger partial charge in [0.05, 0.1) is 5.56 Å². The summed E-state index contributed by atoms with van der Waals surface area (Å²) in [7, 11) is 0. The second-order valence-electron chi connectivity index (χ2n) is 5.49. The number of aromatic amines is 1. The lowest BCUT2D eigenvalue weighted by Gasteiger charge is -2.12. The third-order valence-corrected chi connectivity index (χ3v) is 3.77. The summed E-state index contributed by atoms with van der Waals surface area (Å²) < 4.78 is 38.0. The van der Waals surface area contributed by atoms with Gasteiger partial charge in [-0.25, -0.2) is 9.97 Å². The van der Waals surface area contributed by atoms with Crippen molar-refractivity contribution in [2.24, 2.45) is 0 Å². The first kappa shape index (κ1) is 16.0. The minimum atomic E-state index is -4.37. The van der Waals surface area contributed by atoms with Crippen molar-refractivity contribution >= 4 is 22.7 Å². The predicted octanol–water partition coefficient (Wildman–Crippen LogP) is 4.18. The first-order chi connectivity index (χ1) is 12.5. The number of anilines is 2. The summed E-state index contributed by atoms with van der Waals surface area (Å²) in [5.74, 6) is 0.497. The molecule has 6 nitrogen and oxygen atoms in total. The molecule has 4 aromatic rings. The highest BCUT2D eigenvalue weighted by molar-refractivity contribution is 5.83. The molecule has 0 radical (unpaired) electrons. The fourth-order valence-electron chi connectivity index (χ4n) is 2.50. The minimum Gasteiger partial charge on any atom is -0.340 e. The van der Waals surface area contributed by atoms with E-state index in [9.17, 15) is 13.2 Å². The maximum absolute atomic E-state index is 12.7. The fourth-order valence-corrected chi connectivity index (χ4v) is 2.50. The zero-order valence-corrected chi connectivity index (χ0v) is 13.1. The van der Waals surface area contributed by atoms with Gasteiger partial charge in [0.2, 0.25) is 5.65 Å². The lowest BCUT2D eigenvalue weighted by molar-refractivity contribution is -0.137. The molecule has 0 aliphatic carbocycles. The Morgan fingerprint density at radius 1 is 0.962 bits per heavy atom. The Balaban J connectivity index is 1.67. The van der Waals surface area contributed by atoms with E-state index in [0.29, 0.717) is 22.7 Å². The SMILES string of the molecule is FC(F)(F)c1ccc(Nc2ncccc2-c2cnc3n[nH]nc3c2)cc1. The number of nitrogens with one attached hydrogen (secondary N) is 2. The quantitative estimate of drug-likeness (QED) is 0.576. The molecule has 130 valence electrons. The van der Waals surface area contributed by atoms with E-state index < -0.39 is 11.7 Å². The van der Waals surface area contributed by atoms with Crippen LogP contribution in [0.5, 0.6) is 0 Å². The molecule has 0 saturated heterocycles. The molecule has 26 heavy (non-hydrogen) atoms. The summed E-state index contributed by atoms with van der Waals surface area (Å²) >= 11 is 0. The van der Waals surface area contributed by atoms with Crippen LogP contribution in [0.15, 0.2) is 54.9 Å². The number of pyridine rings is 2. The summed E-state index contributed by atoms with van der Waals surface area (Å²) in [6.07, 6.45) is -1.13. The molecule has 0 saturated carbocycles. The van der Waals surface area contributed by atoms with Crippen LogP contribution in [0.3, 0.4) is 0 Å². The van der Waals surface area contributed by atoms with Crippen LogP contribution in [-0.2, 0) is 6.18 Å². The summed E-state index contributed by atoms with van der Waals surface area (Å²) in [4.78, 5) is 8.50. The number of fused-ring (bicyclic) bond motifs is 1. The zero-order chi connectivity index (χ0) is 18.1. The summed E-state index contributed by atoms with van der Waals surface area (Å²) in [5.41, 5.74) is 2.39. The topological polar surface area (TPSA) is 79.4 Å². The van der Waals surface area contributed by atoms with Crippen molar-refractivity contribution in [1.29, 1.82) is 0 Å². The molecule has 0 amide bonds. The molecule has 0 bridgehead atoms. The van der Waals surface area contributed by atoms with Gasteiger partial charge in [0.15, 0.2) is 0 Å². The third kappa shape index (κ3) is 3.06. The van der Waals surface area contributed by atoms with Gasteiger partial charge in [0.1, 0.15) is 11.3 Å². The smallest absolute Gasteiger partial charge is 0.340 e. The molecule has 9 heteroatoms. The number of rotatable bonds is 3. The van der Waals surface area contributed by atoms with Crippen molar-refractivity contribution < 1.29 is 13.2 Å². The molecule has 2 N–H and O–H groups in total. The first-order valence-electron chi connectivity index (χ1n) is 7.57. The van der Waals surface area contributed by atoms with Gasteiger partial charge in [-0.05, 0) is 42.5 Å². The Morgan fingerprint density at radius 2 is 1.77 bits per heavy atom. The van der Waals surface area contributed by atoms with Crippen molar-refractivity contribution in [3.05, 3.63) is 60.4 Å². The van der Waals surface area contributed by atoms with E-state index in [2.05, 4.69) is 30.7 Å². The summed E-state index contributed by atoms with van der Waals surface area (Å²) in [6, 6.07) is 10.2. The highest BCUT2D eigenvalue weighted by atomic mass is 19.4. The number of halogens is 3. The van der Waals surface area contributed by atoms with E-state index in [1.54, 1.807) is 24.5 Å². The van der Waals surface area contributed by atoms with Gasteiger partial charge in [-0.3, -0.25) is 0 Å². The molecular weight excluding hydrogens is 345 g/mol. The largest absolute Gasteiger partial charge is 0.416 e. The van der Waals surface area contributed by atoms with Crippen LogP contribution in [0, 0.1) is 0 Å². The highest BCUT2D eigenvalue weighted by Crippen LogP contribution is 2.32. The molecule has 0 spiro atoms. The van der Waals surface area contributed by atoms with Crippen molar-refractivity contribution in [2.75, 3.05) is 5.32 Å². The maximum atomic E-state index is 12.7. The third-order valence-electron chi connectivity index (χ3n) is 3.77. The van der Waals surface area contributed by atoms with E-state index in [-0.39, 0.29) is 0 Å². The van der Waals surface area contributed by atoms with E-state index in [1.807, 2.05) is 6.07 Å². The average Bonchev–Trinajstić information content (AvgIpc) is 3.09. The second kappa shape index (κ2) is 6.10. The number of aromatic nitrogens is 5. The van der Waals surface area contributed by atoms with Gasteiger partial charge >= 0.3 is 6.18 Å². The van der Waals surface area contributed by atoms with Crippen LogP contribution in [0.25, 0.3) is 22.3 Å². The Kier molecular flexibility index (Phi) is 3.76. The van der Waals surface area contributed by atoms with Crippen LogP contribution in [0.1, 0.15) is 5.56 Å². The molecule has 0 fully saturated rings. The fraction of sp³-hybridized carbons (Fsp3) is 0.0588. The van der Waals surface area contributed by atoms with Crippen LogP contribution in [-0.4, -0.2) is 25.4 Å². The second-order valence-corrected chi connectivity index (χ2v) is 5.49. The number of hydrogen-bond acceptors (Lipinski definition) is 5. The summed E-state index contributed by atoms with van der Waals surface area (Å²) in [6.45, 7) is 0. The molecule has 3 heterocycles. The highest BCUT2D eigenvalue weighted by Gasteiger charge is 2.29. The van der Waals surface area contributed by atoms with Crippen molar-refractivity contribution in [2.45, 2.75) is 6.18 Å². The maximum Gasteiger partial charge on any atom is 0.416 e. The monoisotopic (exact) mass is 356 g/mol. The Labute approximate surface area is 145 Å². The Hall–Kier alpha value is -3.49. The van der Waals surface area contributed by atoms with Crippen LogP contribution in [0.4, 0.5) is 24.7 Å². The number of alkyl halides is 3. The lowest BCUT2D eigenvalue weighted by Crippen LogP contribution is -2.04. The Bertz CT molecular complexity index is 1060. The zero-order valence-electron chi connectivity index (χ0n) is 13.1. The molecule has 0 aliphatic heterocycles. The molecule has 0 unspecified atom stereocenters. The van der Waals surface area contributed by atoms with Crippen LogP contribution < -0.4 is 5.32 Å². The molecule has 4 rings (SSSR count). The van der Waals surface area contributed by atoms with Gasteiger partial charge in [-0.2, -0.15) is 23.5 Å². The van der Waals surface area contributed by atoms with Gasteiger partial charge < -0.3 is 5.32 Å². The van der Waals surface area contributed by atoms with Gasteiger partial charge in [0, 0.05) is 29.2 Å². The number of benzene rings is 1. The van der Waals surface area contributed by atoms with Crippen LogP contribution in [0.2, 0.25) is 0 Å². The first-order valence-corrected chi connectivity index (χ1v) is 7.57. The molecular formula is C17H11F3N6. The minimum absolute atomic E-state index is 0.494. The average molecular weight is 356 g/mol. The van der Waals surface area contributed by atoms with E-state index in [4.69, 9.17) is 0 Å². The van der Waals surface area contributed by atoms with Gasteiger partial charge in [-0.1, -0.05) is 0 Å². The van der Waals surface area contributed by atoms with E-state index in [0.717, 1.165) is 23.3 Å². The van der Waals surface area contributed by atoms with Gasteiger partial charge in [0.25, 0.3) is 0 Å². The van der Waals surface area contributed by atoms with E-state index in [1.165, 1.54) is 12.1 Å². The molecule has 0 aliphatic rings. The number of H-pyrrole nitrogens is 1. The Morgan fingerprint density at radius 3 is 2.54 bits per heavy atom. The van der Waals surface area contributed by atoms with Crippen molar-refractivity contribution in [3.8, 4) is 11.1 Å². The van der Waals surface area contributed by atoms with E-state index >= 15 is 0 Å². The molecule has 3 aromatic heterocycles. The standard InChI is InChI=1S/C17H11F3N6/c18-17(19,20)11-3-5-12(6-4-11)23-15-13(2-1-7-21-15)10-8-14-16(22-9-10)25-26-24-14/h1-9H,(H,21,23)(H,22,24,25,26). The van der Waals surface area contributed by atoms with Gasteiger partial charge in [-0.15, -0.1) is 5.10 Å². The number of hydrogen-bond donors (Lipinski definition) is 2. The van der Waals surface area contributed by atoms with Crippen LogP contribution >= 0.6 is 0 Å².